The maximum absolute atomic E-state index is 11.8. The highest BCUT2D eigenvalue weighted by Crippen LogP contribution is 2.64. The Labute approximate surface area is 137 Å². The first-order valence-corrected chi connectivity index (χ1v) is 9.08. The van der Waals surface area contributed by atoms with Gasteiger partial charge in [-0.15, -0.1) is 0 Å². The Kier molecular flexibility index (Phi) is 3.20. The molecule has 0 aromatic rings. The van der Waals surface area contributed by atoms with Crippen molar-refractivity contribution < 1.29 is 14.7 Å². The normalized spacial score (nSPS) is 48.6. The van der Waals surface area contributed by atoms with Crippen molar-refractivity contribution in [2.45, 2.75) is 52.4 Å². The molecule has 4 aliphatic rings. The molecule has 2 saturated carbocycles. The van der Waals surface area contributed by atoms with Gasteiger partial charge in [0.1, 0.15) is 0 Å². The quantitative estimate of drug-likeness (QED) is 0.780. The zero-order valence-electron chi connectivity index (χ0n) is 14.1. The third-order valence-electron chi connectivity index (χ3n) is 7.89. The van der Waals surface area contributed by atoms with Crippen LogP contribution in [0.15, 0.2) is 11.8 Å². The minimum Gasteiger partial charge on any atom is -0.481 e. The summed E-state index contributed by atoms with van der Waals surface area (Å²) in [5, 5.41) is 13.2. The first-order chi connectivity index (χ1) is 10.9. The van der Waals surface area contributed by atoms with Gasteiger partial charge in [-0.25, -0.2) is 0 Å². The molecule has 4 heteroatoms. The van der Waals surface area contributed by atoms with Gasteiger partial charge in [-0.3, -0.25) is 9.59 Å². The molecule has 1 aliphatic heterocycles. The van der Waals surface area contributed by atoms with Crippen molar-refractivity contribution in [3.8, 4) is 0 Å². The number of nitrogens with one attached hydrogen (secondary N) is 1. The van der Waals surface area contributed by atoms with Crippen molar-refractivity contribution in [1.82, 2.24) is 5.32 Å². The first kappa shape index (κ1) is 15.2. The summed E-state index contributed by atoms with van der Waals surface area (Å²) in [6, 6.07) is 0. The molecule has 126 valence electrons. The average Bonchev–Trinajstić information content (AvgIpc) is 2.85. The Morgan fingerprint density at radius 1 is 1.22 bits per heavy atom. The highest BCUT2D eigenvalue weighted by molar-refractivity contribution is 5.91. The van der Waals surface area contributed by atoms with Crippen molar-refractivity contribution in [2.75, 3.05) is 6.54 Å². The Hall–Kier alpha value is -1.32. The standard InChI is InChI=1S/C19H27NO3/c1-18-8-6-14-12(13(18)3-4-15(18)17(22)23)10-20-16-9-11(21)5-7-19(14,16)2/h9,12-15,20H,3-8,10H2,1-2H3,(H,22,23)/t12-,13-,14-,15+,18-,19+/m0/s1. The molecule has 0 amide bonds. The van der Waals surface area contributed by atoms with Crippen LogP contribution in [0.4, 0.5) is 0 Å². The Morgan fingerprint density at radius 2 is 2.00 bits per heavy atom. The molecule has 2 N–H and O–H groups in total. The number of carbonyl (C=O) groups is 2. The van der Waals surface area contributed by atoms with Crippen LogP contribution in [0.1, 0.15) is 52.4 Å². The van der Waals surface area contributed by atoms with E-state index in [2.05, 4.69) is 19.2 Å². The first-order valence-electron chi connectivity index (χ1n) is 9.08. The van der Waals surface area contributed by atoms with E-state index in [4.69, 9.17) is 0 Å². The molecule has 23 heavy (non-hydrogen) atoms. The second-order valence-electron chi connectivity index (χ2n) is 8.71. The summed E-state index contributed by atoms with van der Waals surface area (Å²) in [6.07, 6.45) is 7.43. The highest BCUT2D eigenvalue weighted by atomic mass is 16.4. The van der Waals surface area contributed by atoms with Crippen molar-refractivity contribution in [3.63, 3.8) is 0 Å². The predicted octanol–water partition coefficient (Wildman–Crippen LogP) is 2.99. The summed E-state index contributed by atoms with van der Waals surface area (Å²) in [6.45, 7) is 5.45. The molecule has 1 saturated heterocycles. The maximum Gasteiger partial charge on any atom is 0.307 e. The van der Waals surface area contributed by atoms with Gasteiger partial charge in [-0.2, -0.15) is 0 Å². The number of carbonyl (C=O) groups excluding carboxylic acids is 1. The molecule has 3 fully saturated rings. The molecular formula is C19H27NO3. The van der Waals surface area contributed by atoms with Crippen LogP contribution >= 0.6 is 0 Å². The summed E-state index contributed by atoms with van der Waals surface area (Å²) in [5.41, 5.74) is 1.18. The van der Waals surface area contributed by atoms with E-state index in [0.29, 0.717) is 24.2 Å². The van der Waals surface area contributed by atoms with E-state index >= 15 is 0 Å². The van der Waals surface area contributed by atoms with Crippen LogP contribution in [-0.4, -0.2) is 23.4 Å². The molecule has 6 atom stereocenters. The second kappa shape index (κ2) is 4.84. The molecule has 0 radical (unpaired) electrons. The van der Waals surface area contributed by atoms with Crippen LogP contribution in [0, 0.1) is 34.5 Å². The van der Waals surface area contributed by atoms with E-state index in [1.165, 1.54) is 0 Å². The van der Waals surface area contributed by atoms with Gasteiger partial charge < -0.3 is 10.4 Å². The lowest BCUT2D eigenvalue weighted by Crippen LogP contribution is -2.57. The molecule has 0 aromatic heterocycles. The van der Waals surface area contributed by atoms with Crippen molar-refractivity contribution >= 4 is 11.8 Å². The third kappa shape index (κ3) is 1.96. The lowest BCUT2D eigenvalue weighted by molar-refractivity contribution is -0.149. The van der Waals surface area contributed by atoms with Gasteiger partial charge in [-0.1, -0.05) is 13.8 Å². The number of piperidine rings is 1. The van der Waals surface area contributed by atoms with Crippen LogP contribution in [0.3, 0.4) is 0 Å². The summed E-state index contributed by atoms with van der Waals surface area (Å²) < 4.78 is 0. The molecule has 4 rings (SSSR count). The zero-order valence-corrected chi connectivity index (χ0v) is 14.1. The smallest absolute Gasteiger partial charge is 0.307 e. The number of allylic oxidation sites excluding steroid dienone is 2. The van der Waals surface area contributed by atoms with Gasteiger partial charge in [0.2, 0.25) is 0 Å². The Balaban J connectivity index is 1.67. The molecular weight excluding hydrogens is 290 g/mol. The van der Waals surface area contributed by atoms with Crippen LogP contribution in [-0.2, 0) is 9.59 Å². The monoisotopic (exact) mass is 317 g/mol. The lowest BCUT2D eigenvalue weighted by atomic mass is 9.50. The van der Waals surface area contributed by atoms with Crippen LogP contribution in [0.25, 0.3) is 0 Å². The minimum absolute atomic E-state index is 0.0449. The van der Waals surface area contributed by atoms with E-state index in [1.54, 1.807) is 0 Å². The summed E-state index contributed by atoms with van der Waals surface area (Å²) >= 11 is 0. The average molecular weight is 317 g/mol. The van der Waals surface area contributed by atoms with E-state index in [1.807, 2.05) is 6.08 Å². The number of aliphatic carboxylic acids is 1. The van der Waals surface area contributed by atoms with E-state index in [0.717, 1.165) is 44.3 Å². The SMILES string of the molecule is C[C@]12CC[C@H]3[C@@H](CNC4=CC(=O)CC[C@@]43C)[C@@H]1CC[C@@H]2C(=O)O. The fourth-order valence-corrected chi connectivity index (χ4v) is 6.55. The lowest BCUT2D eigenvalue weighted by Gasteiger charge is -2.57. The number of hydrogen-bond acceptors (Lipinski definition) is 3. The number of carboxylic acid groups (broad SMARTS) is 1. The molecule has 3 aliphatic carbocycles. The van der Waals surface area contributed by atoms with Gasteiger partial charge in [0, 0.05) is 30.2 Å². The fourth-order valence-electron chi connectivity index (χ4n) is 6.55. The maximum atomic E-state index is 11.8. The highest BCUT2D eigenvalue weighted by Gasteiger charge is 2.60. The van der Waals surface area contributed by atoms with Crippen LogP contribution in [0.5, 0.6) is 0 Å². The second-order valence-corrected chi connectivity index (χ2v) is 8.71. The number of ketones is 1. The molecule has 4 nitrogen and oxygen atoms in total. The number of carboxylic acids is 1. The van der Waals surface area contributed by atoms with E-state index in [9.17, 15) is 14.7 Å². The van der Waals surface area contributed by atoms with Gasteiger partial charge in [-0.05, 0) is 55.3 Å². The Bertz CT molecular complexity index is 597. The molecule has 0 unspecified atom stereocenters. The van der Waals surface area contributed by atoms with Gasteiger partial charge in [0.15, 0.2) is 5.78 Å². The van der Waals surface area contributed by atoms with Crippen molar-refractivity contribution in [1.29, 1.82) is 0 Å². The van der Waals surface area contributed by atoms with Crippen LogP contribution in [0.2, 0.25) is 0 Å². The molecule has 0 spiro atoms. The number of rotatable bonds is 1. The summed E-state index contributed by atoms with van der Waals surface area (Å²) in [4.78, 5) is 23.5. The van der Waals surface area contributed by atoms with Crippen molar-refractivity contribution in [3.05, 3.63) is 11.8 Å². The topological polar surface area (TPSA) is 66.4 Å². The molecule has 0 aromatic carbocycles. The largest absolute Gasteiger partial charge is 0.481 e. The third-order valence-corrected chi connectivity index (χ3v) is 7.89. The predicted molar refractivity (Wildman–Crippen MR) is 86.6 cm³/mol. The van der Waals surface area contributed by atoms with E-state index in [-0.39, 0.29) is 22.5 Å². The Morgan fingerprint density at radius 3 is 2.74 bits per heavy atom. The van der Waals surface area contributed by atoms with E-state index < -0.39 is 5.97 Å². The van der Waals surface area contributed by atoms with Gasteiger partial charge in [0.25, 0.3) is 0 Å². The van der Waals surface area contributed by atoms with Gasteiger partial charge in [0.05, 0.1) is 5.92 Å². The number of fused-ring (bicyclic) bond motifs is 5. The minimum atomic E-state index is -0.604. The number of hydrogen-bond donors (Lipinski definition) is 2. The zero-order chi connectivity index (χ0) is 16.4. The fraction of sp³-hybridized carbons (Fsp3) is 0.789. The summed E-state index contributed by atoms with van der Waals surface area (Å²) in [5.74, 6) is 1.11. The van der Waals surface area contributed by atoms with Crippen molar-refractivity contribution in [2.24, 2.45) is 34.5 Å². The van der Waals surface area contributed by atoms with Crippen LogP contribution < -0.4 is 5.32 Å². The summed E-state index contributed by atoms with van der Waals surface area (Å²) in [7, 11) is 0. The molecule has 0 bridgehead atoms. The molecule has 1 heterocycles. The van der Waals surface area contributed by atoms with Gasteiger partial charge >= 0.3 is 5.97 Å².